The van der Waals surface area contributed by atoms with Crippen LogP contribution in [0.5, 0.6) is 5.75 Å². The number of ether oxygens (including phenoxy) is 1. The van der Waals surface area contributed by atoms with E-state index in [2.05, 4.69) is 26.8 Å². The Labute approximate surface area is 105 Å². The summed E-state index contributed by atoms with van der Waals surface area (Å²) in [6.07, 6.45) is 1.40. The van der Waals surface area contributed by atoms with Crippen molar-refractivity contribution >= 4 is 0 Å². The van der Waals surface area contributed by atoms with Crippen LogP contribution in [-0.2, 0) is 6.42 Å². The molecule has 0 spiro atoms. The van der Waals surface area contributed by atoms with Crippen molar-refractivity contribution in [3.05, 3.63) is 29.3 Å². The number of rotatable bonds is 5. The van der Waals surface area contributed by atoms with Crippen molar-refractivity contribution < 1.29 is 9.84 Å². The number of hydrogen-bond donors (Lipinski definition) is 1. The molecule has 1 aromatic carbocycles. The van der Waals surface area contributed by atoms with Gasteiger partial charge in [0, 0.05) is 6.42 Å². The lowest BCUT2D eigenvalue weighted by Gasteiger charge is -2.31. The Morgan fingerprint density at radius 2 is 2.00 bits per heavy atom. The summed E-state index contributed by atoms with van der Waals surface area (Å²) in [7, 11) is 1.68. The largest absolute Gasteiger partial charge is 0.496 e. The van der Waals surface area contributed by atoms with Gasteiger partial charge in [-0.25, -0.2) is 0 Å². The Balaban J connectivity index is 3.04. The molecule has 0 radical (unpaired) electrons. The first-order valence-electron chi connectivity index (χ1n) is 6.29. The minimum atomic E-state index is -0.652. The van der Waals surface area contributed by atoms with Crippen LogP contribution in [0.2, 0.25) is 0 Å². The van der Waals surface area contributed by atoms with E-state index in [1.54, 1.807) is 7.11 Å². The molecule has 0 saturated heterocycles. The van der Waals surface area contributed by atoms with Crippen molar-refractivity contribution in [2.75, 3.05) is 7.11 Å². The molecule has 0 bridgehead atoms. The number of aliphatic hydroxyl groups is 1. The molecule has 0 aliphatic heterocycles. The normalized spacial score (nSPS) is 14.8. The highest BCUT2D eigenvalue weighted by atomic mass is 16.5. The lowest BCUT2D eigenvalue weighted by Crippen LogP contribution is -2.36. The molecule has 1 N–H and O–H groups in total. The topological polar surface area (TPSA) is 29.5 Å². The Bertz CT molecular complexity index is 371. The van der Waals surface area contributed by atoms with E-state index in [1.165, 1.54) is 5.56 Å². The second kappa shape index (κ2) is 5.54. The molecule has 0 aromatic heterocycles. The molecule has 17 heavy (non-hydrogen) atoms. The summed E-state index contributed by atoms with van der Waals surface area (Å²) in [6, 6.07) is 6.10. The number of hydrogen-bond acceptors (Lipinski definition) is 2. The average Bonchev–Trinajstić information content (AvgIpc) is 2.29. The molecule has 96 valence electrons. The third kappa shape index (κ3) is 3.22. The maximum absolute atomic E-state index is 10.6. The zero-order chi connectivity index (χ0) is 13.1. The van der Waals surface area contributed by atoms with Gasteiger partial charge in [-0.15, -0.1) is 0 Å². The maximum atomic E-state index is 10.6. The minimum absolute atomic E-state index is 0.234. The molecular weight excluding hydrogens is 212 g/mol. The number of methoxy groups -OCH3 is 1. The van der Waals surface area contributed by atoms with Gasteiger partial charge in [0.1, 0.15) is 5.75 Å². The quantitative estimate of drug-likeness (QED) is 0.849. The van der Waals surface area contributed by atoms with E-state index in [4.69, 9.17) is 4.74 Å². The molecule has 0 fully saturated rings. The molecule has 1 rings (SSSR count). The van der Waals surface area contributed by atoms with Crippen LogP contribution in [0.1, 0.15) is 38.3 Å². The maximum Gasteiger partial charge on any atom is 0.122 e. The van der Waals surface area contributed by atoms with Gasteiger partial charge in [0.15, 0.2) is 0 Å². The summed E-state index contributed by atoms with van der Waals surface area (Å²) in [5.41, 5.74) is 1.63. The van der Waals surface area contributed by atoms with Crippen LogP contribution in [-0.4, -0.2) is 17.8 Å². The van der Waals surface area contributed by atoms with E-state index < -0.39 is 5.60 Å². The van der Waals surface area contributed by atoms with E-state index >= 15 is 0 Å². The summed E-state index contributed by atoms with van der Waals surface area (Å²) >= 11 is 0. The zero-order valence-corrected chi connectivity index (χ0v) is 11.6. The molecule has 2 nitrogen and oxygen atoms in total. The smallest absolute Gasteiger partial charge is 0.122 e. The highest BCUT2D eigenvalue weighted by Gasteiger charge is 2.30. The molecule has 0 saturated carbocycles. The molecule has 0 amide bonds. The minimum Gasteiger partial charge on any atom is -0.496 e. The second-order valence-corrected chi connectivity index (χ2v) is 5.10. The Morgan fingerprint density at radius 3 is 2.47 bits per heavy atom. The van der Waals surface area contributed by atoms with Crippen molar-refractivity contribution in [1.29, 1.82) is 0 Å². The summed E-state index contributed by atoms with van der Waals surface area (Å²) in [5, 5.41) is 10.6. The molecule has 0 aliphatic rings. The molecule has 0 heterocycles. The zero-order valence-electron chi connectivity index (χ0n) is 11.6. The Hall–Kier alpha value is -1.02. The monoisotopic (exact) mass is 236 g/mol. The van der Waals surface area contributed by atoms with E-state index in [0.29, 0.717) is 6.42 Å². The number of aryl methyl sites for hydroxylation is 1. The fraction of sp³-hybridized carbons (Fsp3) is 0.600. The summed E-state index contributed by atoms with van der Waals surface area (Å²) in [4.78, 5) is 0. The molecule has 0 aliphatic carbocycles. The third-order valence-electron chi connectivity index (χ3n) is 3.62. The van der Waals surface area contributed by atoms with Crippen molar-refractivity contribution in [3.8, 4) is 5.75 Å². The summed E-state index contributed by atoms with van der Waals surface area (Å²) in [6.45, 7) is 8.21. The molecule has 1 aromatic rings. The fourth-order valence-corrected chi connectivity index (χ4v) is 2.11. The third-order valence-corrected chi connectivity index (χ3v) is 3.62. The fourth-order valence-electron chi connectivity index (χ4n) is 2.11. The van der Waals surface area contributed by atoms with Gasteiger partial charge in [0.05, 0.1) is 12.7 Å². The van der Waals surface area contributed by atoms with E-state index in [9.17, 15) is 5.11 Å². The van der Waals surface area contributed by atoms with Gasteiger partial charge < -0.3 is 9.84 Å². The van der Waals surface area contributed by atoms with Crippen LogP contribution in [0.25, 0.3) is 0 Å². The first kappa shape index (κ1) is 14.0. The predicted octanol–water partition coefficient (Wildman–Crippen LogP) is 3.34. The summed E-state index contributed by atoms with van der Waals surface area (Å²) < 4.78 is 5.36. The van der Waals surface area contributed by atoms with Crippen LogP contribution in [0.15, 0.2) is 18.2 Å². The van der Waals surface area contributed by atoms with Gasteiger partial charge in [-0.05, 0) is 30.9 Å². The van der Waals surface area contributed by atoms with Gasteiger partial charge in [-0.1, -0.05) is 38.5 Å². The van der Waals surface area contributed by atoms with Gasteiger partial charge in [-0.2, -0.15) is 0 Å². The standard InChI is InChI=1S/C15H24O2/c1-6-15(16,11(2)3)10-13-9-12(4)7-8-14(13)17-5/h7-9,11,16H,6,10H2,1-5H3. The lowest BCUT2D eigenvalue weighted by molar-refractivity contribution is -0.00871. The first-order chi connectivity index (χ1) is 7.92. The molecule has 2 heteroatoms. The Morgan fingerprint density at radius 1 is 1.35 bits per heavy atom. The van der Waals surface area contributed by atoms with Crippen molar-refractivity contribution in [3.63, 3.8) is 0 Å². The van der Waals surface area contributed by atoms with Crippen LogP contribution in [0, 0.1) is 12.8 Å². The molecular formula is C15H24O2. The molecule has 1 atom stereocenters. The first-order valence-corrected chi connectivity index (χ1v) is 6.29. The highest BCUT2D eigenvalue weighted by Crippen LogP contribution is 2.30. The van der Waals surface area contributed by atoms with Crippen molar-refractivity contribution in [2.24, 2.45) is 5.92 Å². The van der Waals surface area contributed by atoms with Crippen molar-refractivity contribution in [2.45, 2.75) is 46.1 Å². The van der Waals surface area contributed by atoms with Gasteiger partial charge >= 0.3 is 0 Å². The van der Waals surface area contributed by atoms with Gasteiger partial charge in [-0.3, -0.25) is 0 Å². The van der Waals surface area contributed by atoms with Crippen LogP contribution in [0.4, 0.5) is 0 Å². The number of benzene rings is 1. The summed E-state index contributed by atoms with van der Waals surface area (Å²) in [5.74, 6) is 1.10. The lowest BCUT2D eigenvalue weighted by atomic mass is 9.82. The highest BCUT2D eigenvalue weighted by molar-refractivity contribution is 5.37. The van der Waals surface area contributed by atoms with Crippen LogP contribution < -0.4 is 4.74 Å². The Kier molecular flexibility index (Phi) is 4.58. The molecule has 1 unspecified atom stereocenters. The van der Waals surface area contributed by atoms with E-state index in [1.807, 2.05) is 19.1 Å². The predicted molar refractivity (Wildman–Crippen MR) is 71.5 cm³/mol. The van der Waals surface area contributed by atoms with E-state index in [0.717, 1.165) is 17.7 Å². The van der Waals surface area contributed by atoms with Gasteiger partial charge in [0.2, 0.25) is 0 Å². The average molecular weight is 236 g/mol. The van der Waals surface area contributed by atoms with E-state index in [-0.39, 0.29) is 5.92 Å². The van der Waals surface area contributed by atoms with Crippen LogP contribution in [0.3, 0.4) is 0 Å². The van der Waals surface area contributed by atoms with Gasteiger partial charge in [0.25, 0.3) is 0 Å². The second-order valence-electron chi connectivity index (χ2n) is 5.10. The van der Waals surface area contributed by atoms with Crippen molar-refractivity contribution in [1.82, 2.24) is 0 Å². The SMILES string of the molecule is CCC(O)(Cc1cc(C)ccc1OC)C(C)C. The van der Waals surface area contributed by atoms with Crippen LogP contribution >= 0.6 is 0 Å².